The molecule has 4 heteroatoms. The van der Waals surface area contributed by atoms with Gasteiger partial charge >= 0.3 is 0 Å². The van der Waals surface area contributed by atoms with Gasteiger partial charge in [0.2, 0.25) is 0 Å². The van der Waals surface area contributed by atoms with Crippen LogP contribution in [-0.2, 0) is 13.0 Å². The Balaban J connectivity index is 1.80. The molecule has 0 amide bonds. The first-order valence-electron chi connectivity index (χ1n) is 5.20. The van der Waals surface area contributed by atoms with E-state index in [2.05, 4.69) is 4.98 Å². The summed E-state index contributed by atoms with van der Waals surface area (Å²) in [5, 5.41) is 1.08. The zero-order chi connectivity index (χ0) is 11.2. The van der Waals surface area contributed by atoms with Crippen LogP contribution >= 0.6 is 11.3 Å². The van der Waals surface area contributed by atoms with E-state index < -0.39 is 0 Å². The molecule has 0 bridgehead atoms. The van der Waals surface area contributed by atoms with Crippen LogP contribution in [0.1, 0.15) is 9.88 Å². The number of hydrogen-bond donors (Lipinski definition) is 1. The molecule has 0 aliphatic heterocycles. The zero-order valence-corrected chi connectivity index (χ0v) is 9.74. The lowest BCUT2D eigenvalue weighted by Gasteiger charge is -2.03. The predicted molar refractivity (Wildman–Crippen MR) is 65.6 cm³/mol. The molecule has 1 aromatic carbocycles. The van der Waals surface area contributed by atoms with Crippen molar-refractivity contribution in [3.05, 3.63) is 46.4 Å². The molecule has 2 aromatic rings. The maximum absolute atomic E-state index is 5.59. The Morgan fingerprint density at radius 3 is 2.75 bits per heavy atom. The van der Waals surface area contributed by atoms with Crippen molar-refractivity contribution in [3.8, 4) is 5.75 Å². The Morgan fingerprint density at radius 1 is 1.25 bits per heavy atom. The topological polar surface area (TPSA) is 48.1 Å². The van der Waals surface area contributed by atoms with Crippen molar-refractivity contribution < 1.29 is 4.74 Å². The van der Waals surface area contributed by atoms with Gasteiger partial charge in [-0.1, -0.05) is 18.2 Å². The standard InChI is InChI=1S/C12H14N2OS/c13-8-11-9-14-12(16-11)6-7-15-10-4-2-1-3-5-10/h1-5,9H,6-8,13H2. The molecule has 2 rings (SSSR count). The monoisotopic (exact) mass is 234 g/mol. The molecule has 0 unspecified atom stereocenters. The third-order valence-corrected chi connectivity index (χ3v) is 3.21. The highest BCUT2D eigenvalue weighted by molar-refractivity contribution is 7.11. The summed E-state index contributed by atoms with van der Waals surface area (Å²) in [6.45, 7) is 1.22. The molecule has 0 saturated carbocycles. The van der Waals surface area contributed by atoms with Crippen LogP contribution in [0.5, 0.6) is 5.75 Å². The fourth-order valence-electron chi connectivity index (χ4n) is 1.33. The number of aromatic nitrogens is 1. The Morgan fingerprint density at radius 2 is 2.06 bits per heavy atom. The molecule has 0 saturated heterocycles. The molecule has 1 heterocycles. The fourth-order valence-corrected chi connectivity index (χ4v) is 2.11. The molecule has 0 spiro atoms. The highest BCUT2D eigenvalue weighted by Gasteiger charge is 2.00. The minimum absolute atomic E-state index is 0.567. The zero-order valence-electron chi connectivity index (χ0n) is 8.93. The minimum atomic E-state index is 0.567. The van der Waals surface area contributed by atoms with Gasteiger partial charge in [0, 0.05) is 24.0 Å². The van der Waals surface area contributed by atoms with Crippen molar-refractivity contribution in [2.75, 3.05) is 6.61 Å². The van der Waals surface area contributed by atoms with E-state index in [1.54, 1.807) is 11.3 Å². The van der Waals surface area contributed by atoms with E-state index in [0.717, 1.165) is 22.1 Å². The van der Waals surface area contributed by atoms with Gasteiger partial charge in [0.25, 0.3) is 0 Å². The highest BCUT2D eigenvalue weighted by Crippen LogP contribution is 2.14. The van der Waals surface area contributed by atoms with Gasteiger partial charge in [-0.2, -0.15) is 0 Å². The average Bonchev–Trinajstić information content (AvgIpc) is 2.78. The number of thiazole rings is 1. The number of nitrogens with zero attached hydrogens (tertiary/aromatic N) is 1. The maximum atomic E-state index is 5.59. The van der Waals surface area contributed by atoms with Crippen LogP contribution in [0, 0.1) is 0 Å². The van der Waals surface area contributed by atoms with Crippen molar-refractivity contribution >= 4 is 11.3 Å². The van der Waals surface area contributed by atoms with E-state index in [9.17, 15) is 0 Å². The van der Waals surface area contributed by atoms with Gasteiger partial charge in [-0.05, 0) is 12.1 Å². The van der Waals surface area contributed by atoms with Gasteiger partial charge in [0.1, 0.15) is 5.75 Å². The second-order valence-corrected chi connectivity index (χ2v) is 4.54. The lowest BCUT2D eigenvalue weighted by atomic mass is 10.3. The molecule has 2 N–H and O–H groups in total. The molecule has 0 aliphatic carbocycles. The van der Waals surface area contributed by atoms with Crippen LogP contribution in [0.25, 0.3) is 0 Å². The number of nitrogens with two attached hydrogens (primary N) is 1. The van der Waals surface area contributed by atoms with Crippen LogP contribution in [0.15, 0.2) is 36.5 Å². The molecule has 84 valence electrons. The first kappa shape index (κ1) is 11.1. The van der Waals surface area contributed by atoms with E-state index in [4.69, 9.17) is 10.5 Å². The lowest BCUT2D eigenvalue weighted by Crippen LogP contribution is -2.00. The van der Waals surface area contributed by atoms with Crippen LogP contribution in [0.3, 0.4) is 0 Å². The second kappa shape index (κ2) is 5.63. The van der Waals surface area contributed by atoms with Gasteiger partial charge < -0.3 is 10.5 Å². The molecule has 0 atom stereocenters. The number of ether oxygens (including phenoxy) is 1. The van der Waals surface area contributed by atoms with Crippen molar-refractivity contribution in [3.63, 3.8) is 0 Å². The van der Waals surface area contributed by atoms with Crippen LogP contribution < -0.4 is 10.5 Å². The van der Waals surface area contributed by atoms with E-state index in [0.29, 0.717) is 13.2 Å². The summed E-state index contributed by atoms with van der Waals surface area (Å²) in [4.78, 5) is 5.40. The Hall–Kier alpha value is -1.39. The van der Waals surface area contributed by atoms with E-state index in [1.165, 1.54) is 0 Å². The Bertz CT molecular complexity index is 428. The quantitative estimate of drug-likeness (QED) is 0.863. The summed E-state index contributed by atoms with van der Waals surface area (Å²) < 4.78 is 5.59. The number of para-hydroxylation sites is 1. The molecule has 0 fully saturated rings. The average molecular weight is 234 g/mol. The Kier molecular flexibility index (Phi) is 3.91. The molecule has 1 aromatic heterocycles. The maximum Gasteiger partial charge on any atom is 0.119 e. The predicted octanol–water partition coefficient (Wildman–Crippen LogP) is 2.22. The summed E-state index contributed by atoms with van der Waals surface area (Å²) in [5.41, 5.74) is 5.52. The van der Waals surface area contributed by atoms with Crippen LogP contribution in [-0.4, -0.2) is 11.6 Å². The van der Waals surface area contributed by atoms with Crippen molar-refractivity contribution in [2.45, 2.75) is 13.0 Å². The fraction of sp³-hybridized carbons (Fsp3) is 0.250. The largest absolute Gasteiger partial charge is 0.493 e. The van der Waals surface area contributed by atoms with Gasteiger partial charge in [-0.15, -0.1) is 11.3 Å². The van der Waals surface area contributed by atoms with Gasteiger partial charge in [0.05, 0.1) is 11.6 Å². The normalized spacial score (nSPS) is 10.3. The number of benzene rings is 1. The van der Waals surface area contributed by atoms with Crippen LogP contribution in [0.4, 0.5) is 0 Å². The Labute approximate surface area is 98.9 Å². The van der Waals surface area contributed by atoms with Gasteiger partial charge in [-0.25, -0.2) is 4.98 Å². The highest BCUT2D eigenvalue weighted by atomic mass is 32.1. The summed E-state index contributed by atoms with van der Waals surface area (Å²) in [7, 11) is 0. The minimum Gasteiger partial charge on any atom is -0.493 e. The van der Waals surface area contributed by atoms with Crippen LogP contribution in [0.2, 0.25) is 0 Å². The van der Waals surface area contributed by atoms with E-state index >= 15 is 0 Å². The molecular formula is C12H14N2OS. The number of hydrogen-bond acceptors (Lipinski definition) is 4. The third-order valence-electron chi connectivity index (χ3n) is 2.13. The van der Waals surface area contributed by atoms with Crippen molar-refractivity contribution in [1.82, 2.24) is 4.98 Å². The molecule has 0 aliphatic rings. The first-order valence-corrected chi connectivity index (χ1v) is 6.01. The second-order valence-electron chi connectivity index (χ2n) is 3.34. The van der Waals surface area contributed by atoms with Crippen molar-refractivity contribution in [2.24, 2.45) is 5.73 Å². The summed E-state index contributed by atoms with van der Waals surface area (Å²) >= 11 is 1.65. The molecule has 16 heavy (non-hydrogen) atoms. The van der Waals surface area contributed by atoms with E-state index in [-0.39, 0.29) is 0 Å². The summed E-state index contributed by atoms with van der Waals surface area (Å²) in [6.07, 6.45) is 2.67. The smallest absolute Gasteiger partial charge is 0.119 e. The first-order chi connectivity index (χ1) is 7.88. The third kappa shape index (κ3) is 3.05. The molecule has 3 nitrogen and oxygen atoms in total. The lowest BCUT2D eigenvalue weighted by molar-refractivity contribution is 0.322. The number of rotatable bonds is 5. The summed E-state index contributed by atoms with van der Waals surface area (Å²) in [6, 6.07) is 9.80. The summed E-state index contributed by atoms with van der Waals surface area (Å²) in [5.74, 6) is 0.901. The van der Waals surface area contributed by atoms with Gasteiger partial charge in [0.15, 0.2) is 0 Å². The van der Waals surface area contributed by atoms with E-state index in [1.807, 2.05) is 36.5 Å². The van der Waals surface area contributed by atoms with Gasteiger partial charge in [-0.3, -0.25) is 0 Å². The van der Waals surface area contributed by atoms with Crippen molar-refractivity contribution in [1.29, 1.82) is 0 Å². The molecule has 0 radical (unpaired) electrons. The molecular weight excluding hydrogens is 220 g/mol. The SMILES string of the molecule is NCc1cnc(CCOc2ccccc2)s1.